The minimum Gasteiger partial charge on any atom is -0.489 e. The van der Waals surface area contributed by atoms with Gasteiger partial charge in [0, 0.05) is 29.7 Å². The van der Waals surface area contributed by atoms with Crippen LogP contribution in [0.4, 0.5) is 18.4 Å². The number of amides is 2. The van der Waals surface area contributed by atoms with Crippen LogP contribution in [0.3, 0.4) is 0 Å². The largest absolute Gasteiger partial charge is 0.489 e. The summed E-state index contributed by atoms with van der Waals surface area (Å²) in [5, 5.41) is 10.2. The Morgan fingerprint density at radius 3 is 1.46 bits per heavy atom. The van der Waals surface area contributed by atoms with E-state index >= 15 is 0 Å². The molecule has 4 atom stereocenters. The number of ketones is 2. The third kappa shape index (κ3) is 13.3. The number of carbonyl (C=O) groups excluding carboxylic acids is 4. The van der Waals surface area contributed by atoms with Crippen molar-refractivity contribution in [2.45, 2.75) is 97.0 Å². The molecule has 0 aromatic heterocycles. The van der Waals surface area contributed by atoms with Gasteiger partial charge in [-0.05, 0) is 98.2 Å². The van der Waals surface area contributed by atoms with E-state index in [1.807, 2.05) is 84.9 Å². The number of hydrogen-bond acceptors (Lipinski definition) is 9. The van der Waals surface area contributed by atoms with Gasteiger partial charge < -0.3 is 24.1 Å². The summed E-state index contributed by atoms with van der Waals surface area (Å²) in [7, 11) is 0. The number of likely N-dealkylation sites (tertiary alicyclic amines) is 2. The standard InChI is InChI=1S/C28H28FNO5.C27H26FNO4.CH4.V/c1-20(32)28(19-31)16-15-26(30(28)27(33)35-17-21-7-3-2-4-8-21)22-11-13-24(14-12-22)34-18-23-9-5-6-10-25(23)29;1-19(30)25-15-16-26(29(25)27(31)33-17-20-7-3-2-4-8-20)21-11-13-23(14-12-21)32-18-22-9-5-6-10-24(22)28;;/h2-14,26,31H,15-19H2,1H3;2-14,25-26H,15-18H2,1H3;1H4;/t26-,28-;25-,26+;;/m10../s1. The second kappa shape index (κ2) is 25.7. The molecule has 0 aliphatic carbocycles. The van der Waals surface area contributed by atoms with Crippen LogP contribution in [0.1, 0.15) is 92.4 Å². The molecule has 2 saturated heterocycles. The van der Waals surface area contributed by atoms with Gasteiger partial charge in [0.15, 0.2) is 11.6 Å². The summed E-state index contributed by atoms with van der Waals surface area (Å²) in [6.07, 6.45) is 0.930. The van der Waals surface area contributed by atoms with Crippen molar-refractivity contribution in [2.24, 2.45) is 0 Å². The quantitative estimate of drug-likeness (QED) is 0.107. The first-order valence-corrected chi connectivity index (χ1v) is 22.5. The van der Waals surface area contributed by atoms with Crippen LogP contribution >= 0.6 is 0 Å². The van der Waals surface area contributed by atoms with E-state index in [9.17, 15) is 33.1 Å². The van der Waals surface area contributed by atoms with E-state index in [1.165, 1.54) is 30.9 Å². The number of halogens is 2. The summed E-state index contributed by atoms with van der Waals surface area (Å²) in [5.41, 5.74) is 2.99. The normalized spacial score (nSPS) is 18.0. The van der Waals surface area contributed by atoms with Gasteiger partial charge in [-0.1, -0.05) is 129 Å². The van der Waals surface area contributed by atoms with Crippen LogP contribution in [0.5, 0.6) is 11.5 Å². The molecule has 2 aliphatic heterocycles. The van der Waals surface area contributed by atoms with Gasteiger partial charge in [-0.2, -0.15) is 0 Å². The van der Waals surface area contributed by atoms with Gasteiger partial charge in [-0.25, -0.2) is 18.4 Å². The van der Waals surface area contributed by atoms with Crippen LogP contribution in [0.2, 0.25) is 0 Å². The Morgan fingerprint density at radius 1 is 0.571 bits per heavy atom. The van der Waals surface area contributed by atoms with Crippen LogP contribution in [0.15, 0.2) is 158 Å². The third-order valence-corrected chi connectivity index (χ3v) is 12.4. The van der Waals surface area contributed by atoms with E-state index in [-0.39, 0.29) is 81.7 Å². The molecule has 2 heterocycles. The SMILES string of the molecule is C.CC(=O)[C@@H]1CC[C@H](c2ccc(OCc3ccccc3F)cc2)N1C(=O)OCc1ccccc1.CC(=O)[C@]1(CO)CC[C@H](c2ccc(OCc3ccccc3F)cc2)N1C(=O)OCc1ccccc1.[V]. The number of nitrogens with zero attached hydrogens (tertiary/aromatic N) is 2. The Morgan fingerprint density at radius 2 is 1.01 bits per heavy atom. The molecule has 70 heavy (non-hydrogen) atoms. The summed E-state index contributed by atoms with van der Waals surface area (Å²) < 4.78 is 50.2. The Balaban J connectivity index is 0.000000254. The van der Waals surface area contributed by atoms with E-state index in [4.69, 9.17) is 18.9 Å². The molecule has 6 aromatic rings. The van der Waals surface area contributed by atoms with Crippen LogP contribution in [-0.4, -0.2) is 56.8 Å². The van der Waals surface area contributed by atoms with Gasteiger partial charge in [-0.15, -0.1) is 0 Å². The molecular weight excluding hydrogens is 934 g/mol. The zero-order valence-electron chi connectivity index (χ0n) is 38.4. The second-order valence-corrected chi connectivity index (χ2v) is 16.8. The maximum absolute atomic E-state index is 13.8. The second-order valence-electron chi connectivity index (χ2n) is 16.8. The first kappa shape index (κ1) is 54.1. The molecule has 14 heteroatoms. The summed E-state index contributed by atoms with van der Waals surface area (Å²) in [4.78, 5) is 53.9. The van der Waals surface area contributed by atoms with Crippen molar-refractivity contribution in [2.75, 3.05) is 6.61 Å². The number of carbonyl (C=O) groups is 4. The minimum absolute atomic E-state index is 0. The number of ether oxygens (including phenoxy) is 4. The molecule has 0 spiro atoms. The molecule has 1 radical (unpaired) electrons. The van der Waals surface area contributed by atoms with E-state index < -0.39 is 36.4 Å². The first-order chi connectivity index (χ1) is 33.0. The van der Waals surface area contributed by atoms with Crippen molar-refractivity contribution in [3.05, 3.63) is 203 Å². The Kier molecular flexibility index (Phi) is 19.9. The number of benzene rings is 6. The van der Waals surface area contributed by atoms with Crippen molar-refractivity contribution in [3.8, 4) is 11.5 Å². The van der Waals surface area contributed by atoms with Gasteiger partial charge in [0.25, 0.3) is 0 Å². The van der Waals surface area contributed by atoms with Crippen molar-refractivity contribution in [1.82, 2.24) is 9.80 Å². The Bertz CT molecular complexity index is 2640. The fourth-order valence-electron chi connectivity index (χ4n) is 8.65. The summed E-state index contributed by atoms with van der Waals surface area (Å²) >= 11 is 0. The average Bonchev–Trinajstić information content (AvgIpc) is 4.00. The van der Waals surface area contributed by atoms with E-state index in [1.54, 1.807) is 65.6 Å². The predicted octanol–water partition coefficient (Wildman–Crippen LogP) is 11.7. The molecule has 1 N–H and O–H groups in total. The molecule has 0 saturated carbocycles. The smallest absolute Gasteiger partial charge is 0.411 e. The van der Waals surface area contributed by atoms with E-state index in [0.717, 1.165) is 22.3 Å². The van der Waals surface area contributed by atoms with Crippen LogP contribution in [0, 0.1) is 11.6 Å². The van der Waals surface area contributed by atoms with Crippen LogP contribution in [0.25, 0.3) is 0 Å². The number of hydrogen-bond donors (Lipinski definition) is 1. The molecule has 2 fully saturated rings. The molecule has 0 bridgehead atoms. The fourth-order valence-corrected chi connectivity index (χ4v) is 8.65. The number of Topliss-reactive ketones (excluding diaryl/α,β-unsaturated/α-hetero) is 2. The van der Waals surface area contributed by atoms with Gasteiger partial charge in [-0.3, -0.25) is 19.4 Å². The van der Waals surface area contributed by atoms with Gasteiger partial charge in [0.1, 0.15) is 55.1 Å². The van der Waals surface area contributed by atoms with Crippen molar-refractivity contribution < 1.29 is 70.6 Å². The number of aliphatic hydroxyl groups excluding tert-OH is 1. The number of aliphatic hydroxyl groups is 1. The topological polar surface area (TPSA) is 132 Å². The summed E-state index contributed by atoms with van der Waals surface area (Å²) in [5.74, 6) is 0.168. The molecular formula is C56H58F2N2O9V. The van der Waals surface area contributed by atoms with Crippen molar-refractivity contribution in [1.29, 1.82) is 0 Å². The van der Waals surface area contributed by atoms with Gasteiger partial charge >= 0.3 is 12.2 Å². The minimum atomic E-state index is -1.33. The molecule has 0 unspecified atom stereocenters. The summed E-state index contributed by atoms with van der Waals surface area (Å²) in [6.45, 7) is 2.83. The molecule has 365 valence electrons. The zero-order chi connectivity index (χ0) is 48.0. The van der Waals surface area contributed by atoms with Gasteiger partial charge in [0.2, 0.25) is 0 Å². The van der Waals surface area contributed by atoms with Crippen LogP contribution in [-0.2, 0) is 64.0 Å². The molecule has 2 aliphatic rings. The molecule has 2 amide bonds. The average molecular weight is 992 g/mol. The maximum Gasteiger partial charge on any atom is 0.411 e. The first-order valence-electron chi connectivity index (χ1n) is 22.5. The fraction of sp³-hybridized carbons (Fsp3) is 0.286. The third-order valence-electron chi connectivity index (χ3n) is 12.4. The van der Waals surface area contributed by atoms with Crippen LogP contribution < -0.4 is 9.47 Å². The van der Waals surface area contributed by atoms with E-state index in [0.29, 0.717) is 48.3 Å². The summed E-state index contributed by atoms with van der Waals surface area (Å²) in [6, 6.07) is 44.9. The Hall–Kier alpha value is -6.80. The number of rotatable bonds is 15. The van der Waals surface area contributed by atoms with E-state index in [2.05, 4.69) is 0 Å². The molecule has 6 aromatic carbocycles. The monoisotopic (exact) mass is 991 g/mol. The zero-order valence-corrected chi connectivity index (χ0v) is 39.8. The van der Waals surface area contributed by atoms with Crippen molar-refractivity contribution in [3.63, 3.8) is 0 Å². The predicted molar refractivity (Wildman–Crippen MR) is 257 cm³/mol. The maximum atomic E-state index is 13.8. The Labute approximate surface area is 420 Å². The molecule has 11 nitrogen and oxygen atoms in total. The van der Waals surface area contributed by atoms with Gasteiger partial charge in [0.05, 0.1) is 24.7 Å². The molecule has 8 rings (SSSR count). The van der Waals surface area contributed by atoms with Crippen molar-refractivity contribution >= 4 is 23.8 Å².